The highest BCUT2D eigenvalue weighted by molar-refractivity contribution is 7.15. The van der Waals surface area contributed by atoms with Gasteiger partial charge in [-0.15, -0.1) is 4.40 Å². The van der Waals surface area contributed by atoms with Crippen LogP contribution in [-0.2, 0) is 11.3 Å². The van der Waals surface area contributed by atoms with Crippen molar-refractivity contribution in [2.24, 2.45) is 0 Å². The van der Waals surface area contributed by atoms with E-state index in [2.05, 4.69) is 4.98 Å². The van der Waals surface area contributed by atoms with Crippen molar-refractivity contribution in [1.29, 1.82) is 0 Å². The number of amides is 1. The maximum atomic E-state index is 13.5. The zero-order valence-electron chi connectivity index (χ0n) is 15.8. The molecule has 30 heavy (non-hydrogen) atoms. The van der Waals surface area contributed by atoms with Crippen molar-refractivity contribution < 1.29 is 9.78 Å². The summed E-state index contributed by atoms with van der Waals surface area (Å²) in [6.07, 6.45) is 0. The first-order valence-corrected chi connectivity index (χ1v) is 10.5. The molecule has 0 unspecified atom stereocenters. The summed E-state index contributed by atoms with van der Waals surface area (Å²) in [5.74, 6) is -0.133. The van der Waals surface area contributed by atoms with Gasteiger partial charge in [0, 0.05) is 5.56 Å². The third-order valence-electron chi connectivity index (χ3n) is 5.52. The lowest BCUT2D eigenvalue weighted by Gasteiger charge is -2.17. The van der Waals surface area contributed by atoms with Gasteiger partial charge >= 0.3 is 10.5 Å². The van der Waals surface area contributed by atoms with E-state index >= 15 is 0 Å². The smallest absolute Gasteiger partial charge is 0.303 e. The lowest BCUT2D eigenvalue weighted by molar-refractivity contribution is -0.308. The summed E-state index contributed by atoms with van der Waals surface area (Å²) in [6.45, 7) is 0.466. The number of rotatable bonds is 2. The lowest BCUT2D eigenvalue weighted by Crippen LogP contribution is -2.31. The maximum absolute atomic E-state index is 13.5. The first-order chi connectivity index (χ1) is 14.7. The zero-order chi connectivity index (χ0) is 20.2. The number of aromatic nitrogens is 2. The highest BCUT2D eigenvalue weighted by Gasteiger charge is 2.35. The molecule has 3 heterocycles. The summed E-state index contributed by atoms with van der Waals surface area (Å²) in [7, 11) is 0. The zero-order valence-corrected chi connectivity index (χ0v) is 16.6. The minimum atomic E-state index is -0.160. The monoisotopic (exact) mass is 410 g/mol. The van der Waals surface area contributed by atoms with Crippen LogP contribution in [0.4, 0.5) is 5.69 Å². The number of anilines is 1. The number of imidazole rings is 1. The van der Waals surface area contributed by atoms with E-state index in [4.69, 9.17) is 0 Å². The van der Waals surface area contributed by atoms with Gasteiger partial charge in [0.15, 0.2) is 11.0 Å². The fourth-order valence-electron chi connectivity index (χ4n) is 4.15. The Kier molecular flexibility index (Phi) is 3.63. The van der Waals surface area contributed by atoms with Crippen molar-refractivity contribution in [2.75, 3.05) is 4.90 Å². The third-order valence-corrected chi connectivity index (χ3v) is 6.58. The average molecular weight is 410 g/mol. The van der Waals surface area contributed by atoms with Crippen molar-refractivity contribution >= 4 is 44.5 Å². The second-order valence-electron chi connectivity index (χ2n) is 7.29. The Morgan fingerprint density at radius 1 is 0.833 bits per heavy atom. The SMILES string of the molecule is O=C1C(=c2sc3[nH+]c4ccccc4n3c2=O)c2ccccc2N1Cc1ccccc1. The quantitative estimate of drug-likeness (QED) is 0.449. The number of para-hydroxylation sites is 3. The van der Waals surface area contributed by atoms with Gasteiger partial charge in [-0.05, 0) is 35.1 Å². The Hall–Kier alpha value is -3.77. The number of H-pyrrole nitrogens is 1. The van der Waals surface area contributed by atoms with E-state index in [0.29, 0.717) is 16.7 Å². The molecule has 0 saturated heterocycles. The number of carbonyl (C=O) groups excluding carboxylic acids is 1. The molecule has 0 atom stereocenters. The minimum Gasteiger partial charge on any atom is -0.303 e. The van der Waals surface area contributed by atoms with Crippen LogP contribution in [0.1, 0.15) is 11.1 Å². The number of thiazole rings is 1. The molecule has 1 N–H and O–H groups in total. The summed E-state index contributed by atoms with van der Waals surface area (Å²) in [5.41, 5.74) is 4.74. The average Bonchev–Trinajstić information content (AvgIpc) is 3.38. The Labute approximate surface area is 175 Å². The van der Waals surface area contributed by atoms with Gasteiger partial charge in [-0.25, -0.2) is 9.78 Å². The summed E-state index contributed by atoms with van der Waals surface area (Å²) in [4.78, 5) is 32.7. The van der Waals surface area contributed by atoms with Gasteiger partial charge in [0.1, 0.15) is 4.53 Å². The Balaban J connectivity index is 1.61. The van der Waals surface area contributed by atoms with Gasteiger partial charge in [0.25, 0.3) is 5.91 Å². The van der Waals surface area contributed by atoms with Gasteiger partial charge in [-0.1, -0.05) is 60.7 Å². The van der Waals surface area contributed by atoms with Crippen LogP contribution in [0.3, 0.4) is 0 Å². The van der Waals surface area contributed by atoms with E-state index in [1.165, 1.54) is 11.3 Å². The second kappa shape index (κ2) is 6.37. The molecule has 1 aliphatic rings. The summed E-state index contributed by atoms with van der Waals surface area (Å²) < 4.78 is 2.14. The van der Waals surface area contributed by atoms with E-state index in [-0.39, 0.29) is 11.5 Å². The van der Waals surface area contributed by atoms with Crippen LogP contribution >= 0.6 is 11.3 Å². The molecule has 5 aromatic rings. The molecule has 2 aromatic heterocycles. The van der Waals surface area contributed by atoms with E-state index in [9.17, 15) is 9.59 Å². The molecule has 144 valence electrons. The molecule has 6 rings (SSSR count). The van der Waals surface area contributed by atoms with Gasteiger partial charge in [-0.2, -0.15) is 0 Å². The Morgan fingerprint density at radius 2 is 1.57 bits per heavy atom. The maximum Gasteiger partial charge on any atom is 0.358 e. The van der Waals surface area contributed by atoms with Gasteiger partial charge in [0.05, 0.1) is 17.8 Å². The summed E-state index contributed by atoms with van der Waals surface area (Å²) in [6, 6.07) is 25.3. The van der Waals surface area contributed by atoms with Crippen LogP contribution in [0, 0.1) is 0 Å². The van der Waals surface area contributed by atoms with Crippen LogP contribution < -0.4 is 20.0 Å². The van der Waals surface area contributed by atoms with Gasteiger partial charge < -0.3 is 4.90 Å². The molecule has 0 bridgehead atoms. The molecule has 1 amide bonds. The van der Waals surface area contributed by atoms with Crippen molar-refractivity contribution in [2.45, 2.75) is 6.54 Å². The third kappa shape index (κ3) is 2.37. The fourth-order valence-corrected chi connectivity index (χ4v) is 5.25. The molecular weight excluding hydrogens is 394 g/mol. The largest absolute Gasteiger partial charge is 0.358 e. The predicted molar refractivity (Wildman–Crippen MR) is 117 cm³/mol. The molecule has 1 aliphatic heterocycles. The topological polar surface area (TPSA) is 55.9 Å². The number of hydrogen-bond acceptors (Lipinski definition) is 3. The fraction of sp³-hybridized carbons (Fsp3) is 0.0417. The first kappa shape index (κ1) is 17.1. The van der Waals surface area contributed by atoms with E-state index in [1.807, 2.05) is 78.9 Å². The number of aromatic amines is 1. The molecule has 6 heteroatoms. The van der Waals surface area contributed by atoms with Crippen molar-refractivity contribution in [3.05, 3.63) is 105 Å². The molecule has 0 radical (unpaired) electrons. The predicted octanol–water partition coefficient (Wildman–Crippen LogP) is 2.79. The first-order valence-electron chi connectivity index (χ1n) is 9.67. The van der Waals surface area contributed by atoms with Crippen molar-refractivity contribution in [3.8, 4) is 0 Å². The molecule has 3 aromatic carbocycles. The highest BCUT2D eigenvalue weighted by Crippen LogP contribution is 2.36. The number of nitrogens with zero attached hydrogens (tertiary/aromatic N) is 2. The molecular formula is C24H16N3O2S+. The second-order valence-corrected chi connectivity index (χ2v) is 8.29. The Morgan fingerprint density at radius 3 is 2.43 bits per heavy atom. The van der Waals surface area contributed by atoms with E-state index in [0.717, 1.165) is 32.8 Å². The van der Waals surface area contributed by atoms with Crippen LogP contribution in [0.5, 0.6) is 0 Å². The number of nitrogens with one attached hydrogen (secondary N) is 1. The molecule has 0 spiro atoms. The summed E-state index contributed by atoms with van der Waals surface area (Å²) >= 11 is 1.33. The Bertz CT molecular complexity index is 1570. The van der Waals surface area contributed by atoms with Crippen LogP contribution in [0.2, 0.25) is 0 Å². The van der Waals surface area contributed by atoms with E-state index in [1.54, 1.807) is 9.30 Å². The molecule has 0 fully saturated rings. The standard InChI is InChI=1S/C24H15N3O2S/c28-22-20(21-23(29)27-19-13-7-5-11-17(19)25-24(27)30-21)16-10-4-6-12-18(16)26(22)14-15-8-2-1-3-9-15/h1-13H,14H2/p+1. The minimum absolute atomic E-state index is 0.133. The van der Waals surface area contributed by atoms with Crippen molar-refractivity contribution in [3.63, 3.8) is 0 Å². The van der Waals surface area contributed by atoms with Crippen LogP contribution in [0.15, 0.2) is 83.7 Å². The highest BCUT2D eigenvalue weighted by atomic mass is 32.1. The van der Waals surface area contributed by atoms with Gasteiger partial charge in [0.2, 0.25) is 0 Å². The molecule has 5 nitrogen and oxygen atoms in total. The van der Waals surface area contributed by atoms with E-state index < -0.39 is 0 Å². The van der Waals surface area contributed by atoms with Gasteiger partial charge in [-0.3, -0.25) is 4.79 Å². The number of fused-ring (bicyclic) bond motifs is 4. The number of carbonyl (C=O) groups is 1. The van der Waals surface area contributed by atoms with Crippen LogP contribution in [-0.4, -0.2) is 10.3 Å². The number of benzene rings is 3. The van der Waals surface area contributed by atoms with Crippen molar-refractivity contribution in [1.82, 2.24) is 4.40 Å². The summed E-state index contributed by atoms with van der Waals surface area (Å²) in [5, 5.41) is 0. The lowest BCUT2D eigenvalue weighted by atomic mass is 10.1. The normalized spacial score (nSPS) is 15.3. The number of hydrogen-bond donors (Lipinski definition) is 0. The molecule has 0 saturated carbocycles. The van der Waals surface area contributed by atoms with Crippen LogP contribution in [0.25, 0.3) is 21.6 Å². The molecule has 0 aliphatic carbocycles.